The summed E-state index contributed by atoms with van der Waals surface area (Å²) in [6.07, 6.45) is 0. The summed E-state index contributed by atoms with van der Waals surface area (Å²) in [7, 11) is 1.74. The highest BCUT2D eigenvalue weighted by Crippen LogP contribution is 2.11. The zero-order valence-corrected chi connectivity index (χ0v) is 17.9. The minimum absolute atomic E-state index is 0. The number of halogens is 2. The van der Waals surface area contributed by atoms with Crippen LogP contribution in [0.1, 0.15) is 31.1 Å². The van der Waals surface area contributed by atoms with Crippen LogP contribution >= 0.6 is 39.9 Å². The van der Waals surface area contributed by atoms with Crippen LogP contribution < -0.4 is 16.0 Å². The average Bonchev–Trinajstić information content (AvgIpc) is 2.49. The Labute approximate surface area is 164 Å². The first-order valence-electron chi connectivity index (χ1n) is 7.45. The van der Waals surface area contributed by atoms with Crippen LogP contribution in [0.4, 0.5) is 0 Å². The number of rotatable bonds is 6. The highest BCUT2D eigenvalue weighted by molar-refractivity contribution is 14.0. The van der Waals surface area contributed by atoms with Gasteiger partial charge < -0.3 is 16.0 Å². The number of nitrogens with zero attached hydrogens (tertiary/aromatic N) is 1. The summed E-state index contributed by atoms with van der Waals surface area (Å²) in [5.41, 5.74) is 0.644. The fourth-order valence-electron chi connectivity index (χ4n) is 1.67. The average molecular weight is 497 g/mol. The van der Waals surface area contributed by atoms with Gasteiger partial charge in [-0.3, -0.25) is 9.79 Å². The molecule has 0 aromatic heterocycles. The van der Waals surface area contributed by atoms with Crippen molar-refractivity contribution in [2.75, 3.05) is 20.1 Å². The Morgan fingerprint density at radius 1 is 1.22 bits per heavy atom. The third-order valence-corrected chi connectivity index (χ3v) is 3.87. The molecule has 0 bridgehead atoms. The van der Waals surface area contributed by atoms with Crippen LogP contribution in [0.5, 0.6) is 0 Å². The molecule has 0 aliphatic carbocycles. The Hall–Kier alpha value is -0.830. The van der Waals surface area contributed by atoms with Crippen molar-refractivity contribution >= 4 is 51.8 Å². The molecule has 7 heteroatoms. The summed E-state index contributed by atoms with van der Waals surface area (Å²) in [5, 5.41) is 9.38. The number of hydrogen-bond donors (Lipinski definition) is 3. The number of guanidine groups is 1. The number of hydrogen-bond acceptors (Lipinski definition) is 2. The number of carbonyl (C=O) groups excluding carboxylic acids is 1. The second-order valence-electron chi connectivity index (χ2n) is 5.44. The third-order valence-electron chi connectivity index (χ3n) is 3.38. The highest BCUT2D eigenvalue weighted by atomic mass is 127. The van der Waals surface area contributed by atoms with Crippen molar-refractivity contribution in [3.8, 4) is 0 Å². The largest absolute Gasteiger partial charge is 0.355 e. The molecule has 5 nitrogen and oxygen atoms in total. The molecule has 3 N–H and O–H groups in total. The van der Waals surface area contributed by atoms with Gasteiger partial charge >= 0.3 is 0 Å². The summed E-state index contributed by atoms with van der Waals surface area (Å²) in [4.78, 5) is 16.1. The molecule has 1 unspecified atom stereocenters. The van der Waals surface area contributed by atoms with E-state index in [1.54, 1.807) is 19.2 Å². The summed E-state index contributed by atoms with van der Waals surface area (Å²) in [6.45, 7) is 7.57. The van der Waals surface area contributed by atoms with Gasteiger partial charge in [-0.1, -0.05) is 35.8 Å². The van der Waals surface area contributed by atoms with Crippen molar-refractivity contribution in [3.63, 3.8) is 0 Å². The second-order valence-corrected chi connectivity index (χ2v) is 6.36. The first-order chi connectivity index (χ1) is 10.4. The lowest BCUT2D eigenvalue weighted by Crippen LogP contribution is -2.46. The standard InChI is InChI=1S/C16H25BrN4O.HI/c1-11(2)12(3)21-16(18-4)20-9-8-19-15(22)13-6-5-7-14(17)10-13;/h5-7,10-12H,8-9H2,1-4H3,(H,19,22)(H2,18,20,21);1H. The molecular weight excluding hydrogens is 471 g/mol. The molecule has 0 spiro atoms. The zero-order valence-electron chi connectivity index (χ0n) is 14.0. The lowest BCUT2D eigenvalue weighted by Gasteiger charge is -2.20. The van der Waals surface area contributed by atoms with E-state index in [1.165, 1.54) is 0 Å². The molecule has 1 amide bonds. The minimum atomic E-state index is -0.0819. The van der Waals surface area contributed by atoms with Crippen molar-refractivity contribution in [1.82, 2.24) is 16.0 Å². The number of carbonyl (C=O) groups is 1. The van der Waals surface area contributed by atoms with Crippen molar-refractivity contribution in [2.45, 2.75) is 26.8 Å². The van der Waals surface area contributed by atoms with Gasteiger partial charge in [-0.2, -0.15) is 0 Å². The summed E-state index contributed by atoms with van der Waals surface area (Å²) >= 11 is 3.36. The Kier molecular flexibility index (Phi) is 11.2. The topological polar surface area (TPSA) is 65.5 Å². The Morgan fingerprint density at radius 3 is 2.43 bits per heavy atom. The summed E-state index contributed by atoms with van der Waals surface area (Å²) < 4.78 is 0.894. The van der Waals surface area contributed by atoms with Gasteiger partial charge in [-0.05, 0) is 31.0 Å². The molecule has 1 aromatic carbocycles. The lowest BCUT2D eigenvalue weighted by atomic mass is 10.1. The van der Waals surface area contributed by atoms with E-state index in [4.69, 9.17) is 0 Å². The Morgan fingerprint density at radius 2 is 1.87 bits per heavy atom. The van der Waals surface area contributed by atoms with Gasteiger partial charge in [0.25, 0.3) is 5.91 Å². The summed E-state index contributed by atoms with van der Waals surface area (Å²) in [5.74, 6) is 1.19. The van der Waals surface area contributed by atoms with Crippen LogP contribution in [0.2, 0.25) is 0 Å². The Bertz CT molecular complexity index is 523. The van der Waals surface area contributed by atoms with E-state index in [0.717, 1.165) is 10.4 Å². The quantitative estimate of drug-likeness (QED) is 0.245. The molecule has 0 saturated carbocycles. The van der Waals surface area contributed by atoms with Crippen LogP contribution in [-0.2, 0) is 0 Å². The van der Waals surface area contributed by atoms with E-state index in [-0.39, 0.29) is 29.9 Å². The number of benzene rings is 1. The maximum Gasteiger partial charge on any atom is 0.251 e. The number of nitrogens with one attached hydrogen (secondary N) is 3. The normalized spacial score (nSPS) is 12.3. The molecule has 0 aliphatic rings. The molecule has 0 saturated heterocycles. The predicted molar refractivity (Wildman–Crippen MR) is 111 cm³/mol. The van der Waals surface area contributed by atoms with Gasteiger partial charge in [0.2, 0.25) is 0 Å². The first-order valence-corrected chi connectivity index (χ1v) is 8.24. The van der Waals surface area contributed by atoms with Crippen molar-refractivity contribution in [3.05, 3.63) is 34.3 Å². The second kappa shape index (κ2) is 11.7. The molecule has 1 aromatic rings. The maximum atomic E-state index is 12.0. The van der Waals surface area contributed by atoms with Crippen molar-refractivity contribution in [1.29, 1.82) is 0 Å². The van der Waals surface area contributed by atoms with E-state index < -0.39 is 0 Å². The minimum Gasteiger partial charge on any atom is -0.355 e. The molecule has 23 heavy (non-hydrogen) atoms. The van der Waals surface area contributed by atoms with Gasteiger partial charge in [-0.15, -0.1) is 24.0 Å². The smallest absolute Gasteiger partial charge is 0.251 e. The van der Waals surface area contributed by atoms with E-state index in [9.17, 15) is 4.79 Å². The maximum absolute atomic E-state index is 12.0. The molecule has 130 valence electrons. The van der Waals surface area contributed by atoms with E-state index >= 15 is 0 Å². The van der Waals surface area contributed by atoms with Crippen LogP contribution in [0.3, 0.4) is 0 Å². The predicted octanol–water partition coefficient (Wildman–Crippen LogP) is 3.01. The fraction of sp³-hybridized carbons (Fsp3) is 0.500. The van der Waals surface area contributed by atoms with Crippen LogP contribution in [0, 0.1) is 5.92 Å². The number of aliphatic imine (C=N–C) groups is 1. The van der Waals surface area contributed by atoms with Crippen molar-refractivity contribution < 1.29 is 4.79 Å². The van der Waals surface area contributed by atoms with Gasteiger partial charge in [0.05, 0.1) is 0 Å². The zero-order chi connectivity index (χ0) is 16.5. The molecule has 0 fully saturated rings. The van der Waals surface area contributed by atoms with Gasteiger partial charge in [0.15, 0.2) is 5.96 Å². The number of amides is 1. The van der Waals surface area contributed by atoms with E-state index in [2.05, 4.69) is 57.6 Å². The molecule has 1 atom stereocenters. The molecule has 0 aliphatic heterocycles. The molecule has 1 rings (SSSR count). The monoisotopic (exact) mass is 496 g/mol. The fourth-order valence-corrected chi connectivity index (χ4v) is 2.06. The molecule has 0 heterocycles. The molecular formula is C16H26BrIN4O. The highest BCUT2D eigenvalue weighted by Gasteiger charge is 2.09. The van der Waals surface area contributed by atoms with Crippen LogP contribution in [0.25, 0.3) is 0 Å². The van der Waals surface area contributed by atoms with E-state index in [1.807, 2.05) is 12.1 Å². The van der Waals surface area contributed by atoms with Gasteiger partial charge in [0.1, 0.15) is 0 Å². The molecule has 0 radical (unpaired) electrons. The van der Waals surface area contributed by atoms with Gasteiger partial charge in [0, 0.05) is 36.2 Å². The first kappa shape index (κ1) is 22.2. The summed E-state index contributed by atoms with van der Waals surface area (Å²) in [6, 6.07) is 7.66. The SMILES string of the molecule is CN=C(NCCNC(=O)c1cccc(Br)c1)NC(C)C(C)C.I. The van der Waals surface area contributed by atoms with Crippen molar-refractivity contribution in [2.24, 2.45) is 10.9 Å². The van der Waals surface area contributed by atoms with Gasteiger partial charge in [-0.25, -0.2) is 0 Å². The van der Waals surface area contributed by atoms with Crippen LogP contribution in [0.15, 0.2) is 33.7 Å². The Balaban J connectivity index is 0.00000484. The van der Waals surface area contributed by atoms with Crippen LogP contribution in [-0.4, -0.2) is 38.0 Å². The third kappa shape index (κ3) is 8.55. The van der Waals surface area contributed by atoms with E-state index in [0.29, 0.717) is 30.6 Å². The lowest BCUT2D eigenvalue weighted by molar-refractivity contribution is 0.0954.